The molecule has 7 aromatic rings. The van der Waals surface area contributed by atoms with Crippen LogP contribution in [0.3, 0.4) is 0 Å². The highest BCUT2D eigenvalue weighted by Crippen LogP contribution is 2.30. The minimum absolute atomic E-state index is 0.0210. The highest BCUT2D eigenvalue weighted by atomic mass is 79.9. The number of halogens is 7. The molecule has 2 aromatic carbocycles. The molecule has 0 bridgehead atoms. The SMILES string of the molecule is CCc1coc(CSC2=Nc3c(c(=O)n(C)c(=O)n3C)C2)n1.CCc1coc(CSc2nc3c(c(=O)n(C)c(=O)n3C)n2Cc2cccc(OC(F)(F)F)c2)n1.FC(F)(F)Oc1cccc(CBr)c1. The molecule has 1 aliphatic heterocycles. The third-order valence-corrected chi connectivity index (χ3v) is 12.5. The number of ether oxygens (including phenoxy) is 2. The van der Waals surface area contributed by atoms with Crippen LogP contribution in [0.25, 0.3) is 11.2 Å². The van der Waals surface area contributed by atoms with Crippen molar-refractivity contribution in [3.05, 3.63) is 143 Å². The van der Waals surface area contributed by atoms with Gasteiger partial charge < -0.3 is 22.9 Å². The molecule has 0 spiro atoms. The fourth-order valence-corrected chi connectivity index (χ4v) is 8.57. The number of aliphatic imine (C=N–C) groups is 1. The van der Waals surface area contributed by atoms with Crippen LogP contribution in [-0.4, -0.2) is 55.6 Å². The van der Waals surface area contributed by atoms with Crippen LogP contribution in [0.2, 0.25) is 0 Å². The second kappa shape index (κ2) is 22.0. The molecule has 0 fully saturated rings. The summed E-state index contributed by atoms with van der Waals surface area (Å²) >= 11 is 5.84. The first-order chi connectivity index (χ1) is 32.6. The molecular formula is C43H42BrF6N9O8S2. The summed E-state index contributed by atoms with van der Waals surface area (Å²) in [5, 5.41) is 1.68. The number of oxazole rings is 2. The van der Waals surface area contributed by atoms with Gasteiger partial charge in [0, 0.05) is 39.9 Å². The Morgan fingerprint density at radius 1 is 0.696 bits per heavy atom. The number of rotatable bonds is 12. The zero-order chi connectivity index (χ0) is 50.4. The number of aryl methyl sites for hydroxylation is 3. The van der Waals surface area contributed by atoms with Crippen molar-refractivity contribution < 1.29 is 44.7 Å². The lowest BCUT2D eigenvalue weighted by molar-refractivity contribution is -0.275. The van der Waals surface area contributed by atoms with Gasteiger partial charge in [0.05, 0.1) is 40.0 Å². The van der Waals surface area contributed by atoms with Gasteiger partial charge in [0.2, 0.25) is 11.8 Å². The Hall–Kier alpha value is -6.28. The Bertz CT molecular complexity index is 3240. The van der Waals surface area contributed by atoms with E-state index in [4.69, 9.17) is 8.83 Å². The quantitative estimate of drug-likeness (QED) is 0.0654. The number of hydrogen-bond acceptors (Lipinski definition) is 14. The zero-order valence-electron chi connectivity index (χ0n) is 37.5. The Balaban J connectivity index is 0.000000190. The molecule has 0 aliphatic carbocycles. The molecule has 0 amide bonds. The number of fused-ring (bicyclic) bond motifs is 2. The Labute approximate surface area is 404 Å². The van der Waals surface area contributed by atoms with Gasteiger partial charge in [-0.1, -0.05) is 65.8 Å². The minimum atomic E-state index is -4.83. The van der Waals surface area contributed by atoms with Crippen LogP contribution >= 0.6 is 39.5 Å². The number of imidazole rings is 1. The van der Waals surface area contributed by atoms with Crippen molar-refractivity contribution in [3.8, 4) is 11.5 Å². The van der Waals surface area contributed by atoms with E-state index in [-0.39, 0.29) is 40.5 Å². The first kappa shape index (κ1) is 52.1. The van der Waals surface area contributed by atoms with Crippen molar-refractivity contribution in [2.24, 2.45) is 33.2 Å². The average molecular weight is 1070 g/mol. The van der Waals surface area contributed by atoms with Crippen LogP contribution in [0, 0.1) is 0 Å². The van der Waals surface area contributed by atoms with Crippen LogP contribution in [0.5, 0.6) is 11.5 Å². The highest BCUT2D eigenvalue weighted by molar-refractivity contribution is 9.08. The van der Waals surface area contributed by atoms with E-state index >= 15 is 0 Å². The lowest BCUT2D eigenvalue weighted by Gasteiger charge is -2.12. The molecule has 17 nitrogen and oxygen atoms in total. The van der Waals surface area contributed by atoms with Crippen LogP contribution in [-0.2, 0) is 70.8 Å². The summed E-state index contributed by atoms with van der Waals surface area (Å²) in [6, 6.07) is 11.3. The lowest BCUT2D eigenvalue weighted by Crippen LogP contribution is -2.38. The van der Waals surface area contributed by atoms with Gasteiger partial charge in [-0.05, 0) is 48.2 Å². The summed E-state index contributed by atoms with van der Waals surface area (Å²) in [4.78, 5) is 67.0. The number of hydrogen-bond donors (Lipinski definition) is 0. The number of alkyl halides is 7. The Morgan fingerprint density at radius 2 is 1.22 bits per heavy atom. The second-order valence-corrected chi connectivity index (χ2v) is 17.4. The molecule has 0 atom stereocenters. The van der Waals surface area contributed by atoms with Crippen molar-refractivity contribution in [2.75, 3.05) is 0 Å². The third-order valence-electron chi connectivity index (χ3n) is 9.96. The fraction of sp³-hybridized carbons (Fsp3) is 0.349. The normalized spacial score (nSPS) is 12.3. The summed E-state index contributed by atoms with van der Waals surface area (Å²) in [5.74, 6) is 1.85. The summed E-state index contributed by atoms with van der Waals surface area (Å²) < 4.78 is 98.1. The van der Waals surface area contributed by atoms with E-state index in [9.17, 15) is 45.5 Å². The smallest absolute Gasteiger partial charge is 0.448 e. The molecule has 8 rings (SSSR count). The summed E-state index contributed by atoms with van der Waals surface area (Å²) in [7, 11) is 5.95. The van der Waals surface area contributed by atoms with Gasteiger partial charge in [-0.15, -0.1) is 38.1 Å². The van der Waals surface area contributed by atoms with Gasteiger partial charge in [0.1, 0.15) is 29.8 Å². The molecule has 0 saturated heterocycles. The number of thioether (sulfide) groups is 2. The van der Waals surface area contributed by atoms with Gasteiger partial charge in [-0.2, -0.15) is 0 Å². The van der Waals surface area contributed by atoms with Crippen molar-refractivity contribution >= 4 is 61.5 Å². The Kier molecular flexibility index (Phi) is 16.6. The monoisotopic (exact) mass is 1070 g/mol. The topological polar surface area (TPSA) is 189 Å². The lowest BCUT2D eigenvalue weighted by atomic mass is 10.2. The summed E-state index contributed by atoms with van der Waals surface area (Å²) in [5.41, 5.74) is 2.03. The van der Waals surface area contributed by atoms with Gasteiger partial charge in [-0.25, -0.2) is 29.5 Å². The predicted octanol–water partition coefficient (Wildman–Crippen LogP) is 7.86. The molecule has 0 N–H and O–H groups in total. The molecule has 0 saturated carbocycles. The van der Waals surface area contributed by atoms with E-state index in [0.717, 1.165) is 37.6 Å². The number of aromatic nitrogens is 8. The molecule has 0 radical (unpaired) electrons. The maximum atomic E-state index is 13.0. The maximum Gasteiger partial charge on any atom is 0.573 e. The first-order valence-electron chi connectivity index (χ1n) is 20.5. The van der Waals surface area contributed by atoms with E-state index in [2.05, 4.69) is 45.3 Å². The average Bonchev–Trinajstić information content (AvgIpc) is 4.13. The standard InChI is InChI=1S/C21H20F3N5O4S.C14H16N4O3S.C8H6BrF3O/c1-4-13-10-32-15(25-13)11-34-19-26-17-16(18(30)28(3)20(31)27(17)2)29(19)9-12-6-5-7-14(8-12)33-21(22,23)24;1-4-8-6-21-10(15-8)7-22-11-5-9-12(16-11)17(2)14(20)18(3)13(9)19;9-5-6-2-1-3-7(4-6)13-8(10,11)12/h5-8,10H,4,9,11H2,1-3H3;6H,4-5,7H2,1-3H3;1-4H,5H2. The van der Waals surface area contributed by atoms with Crippen molar-refractivity contribution in [2.45, 2.75) is 74.4 Å². The largest absolute Gasteiger partial charge is 0.573 e. The van der Waals surface area contributed by atoms with E-state index in [0.29, 0.717) is 63.6 Å². The van der Waals surface area contributed by atoms with Crippen molar-refractivity contribution in [3.63, 3.8) is 0 Å². The Morgan fingerprint density at radius 3 is 1.75 bits per heavy atom. The summed E-state index contributed by atoms with van der Waals surface area (Å²) in [6.07, 6.45) is -4.25. The van der Waals surface area contributed by atoms with E-state index in [1.165, 1.54) is 90.2 Å². The van der Waals surface area contributed by atoms with Crippen LogP contribution in [0.1, 0.15) is 53.7 Å². The van der Waals surface area contributed by atoms with Gasteiger partial charge in [0.25, 0.3) is 11.1 Å². The highest BCUT2D eigenvalue weighted by Gasteiger charge is 2.32. The van der Waals surface area contributed by atoms with Crippen LogP contribution < -0.4 is 32.0 Å². The molecule has 26 heteroatoms. The minimum Gasteiger partial charge on any atom is -0.448 e. The molecule has 0 unspecified atom stereocenters. The third kappa shape index (κ3) is 13.1. The molecule has 69 heavy (non-hydrogen) atoms. The molecule has 368 valence electrons. The second-order valence-electron chi connectivity index (χ2n) is 14.8. The van der Waals surface area contributed by atoms with Gasteiger partial charge >= 0.3 is 24.1 Å². The van der Waals surface area contributed by atoms with Crippen LogP contribution in [0.4, 0.5) is 32.2 Å². The molecular weight excluding hydrogens is 1030 g/mol. The number of nitrogens with zero attached hydrogens (tertiary/aromatic N) is 9. The van der Waals surface area contributed by atoms with E-state index < -0.39 is 24.0 Å². The molecule has 1 aliphatic rings. The fourth-order valence-electron chi connectivity index (χ4n) is 6.55. The summed E-state index contributed by atoms with van der Waals surface area (Å²) in [6.45, 7) is 3.98. The molecule has 6 heterocycles. The number of benzene rings is 2. The molecule has 5 aromatic heterocycles. The van der Waals surface area contributed by atoms with Crippen molar-refractivity contribution in [1.29, 1.82) is 0 Å². The zero-order valence-corrected chi connectivity index (χ0v) is 40.7. The van der Waals surface area contributed by atoms with Gasteiger partial charge in [-0.3, -0.25) is 27.9 Å². The van der Waals surface area contributed by atoms with Gasteiger partial charge in [0.15, 0.2) is 16.3 Å². The predicted molar refractivity (Wildman–Crippen MR) is 249 cm³/mol. The van der Waals surface area contributed by atoms with E-state index in [1.54, 1.807) is 36.3 Å². The maximum absolute atomic E-state index is 13.0. The first-order valence-corrected chi connectivity index (χ1v) is 23.6. The van der Waals surface area contributed by atoms with Crippen molar-refractivity contribution in [1.82, 2.24) is 37.8 Å². The van der Waals surface area contributed by atoms with E-state index in [1.807, 2.05) is 13.8 Å². The van der Waals surface area contributed by atoms with Crippen LogP contribution in [0.15, 0.2) is 99.2 Å².